The molecule has 5 heteroatoms. The van der Waals surface area contributed by atoms with E-state index in [4.69, 9.17) is 4.74 Å². The molecule has 2 aliphatic rings. The standard InChI is InChI=1S/C15H18N2O3/c18-14(10-4-3-5-10)16-9-8-13-15(19)17-11-6-1-2-7-12(11)20-13/h1-2,6-7,10,13H,3-5,8-9H2,(H,16,18)(H,17,19). The Morgan fingerprint density at radius 2 is 2.15 bits per heavy atom. The molecule has 3 rings (SSSR count). The molecule has 0 saturated heterocycles. The van der Waals surface area contributed by atoms with Crippen LogP contribution in [0.25, 0.3) is 0 Å². The Morgan fingerprint density at radius 1 is 1.35 bits per heavy atom. The first-order valence-electron chi connectivity index (χ1n) is 7.08. The molecule has 2 N–H and O–H groups in total. The molecule has 0 radical (unpaired) electrons. The average Bonchev–Trinajstić information content (AvgIpc) is 2.37. The SMILES string of the molecule is O=C(NCCC1Oc2ccccc2NC1=O)C1CCC1. The summed E-state index contributed by atoms with van der Waals surface area (Å²) >= 11 is 0. The van der Waals surface area contributed by atoms with Crippen LogP contribution in [-0.4, -0.2) is 24.5 Å². The van der Waals surface area contributed by atoms with Crippen molar-refractivity contribution in [2.75, 3.05) is 11.9 Å². The second-order valence-corrected chi connectivity index (χ2v) is 5.30. The highest BCUT2D eigenvalue weighted by molar-refractivity contribution is 5.97. The summed E-state index contributed by atoms with van der Waals surface area (Å²) in [5.74, 6) is 0.814. The molecule has 20 heavy (non-hydrogen) atoms. The number of carbonyl (C=O) groups excluding carboxylic acids is 2. The molecule has 1 unspecified atom stereocenters. The highest BCUT2D eigenvalue weighted by Gasteiger charge is 2.28. The number of ether oxygens (including phenoxy) is 1. The Labute approximate surface area is 117 Å². The van der Waals surface area contributed by atoms with Gasteiger partial charge >= 0.3 is 0 Å². The number of carbonyl (C=O) groups is 2. The number of hydrogen-bond donors (Lipinski definition) is 2. The van der Waals surface area contributed by atoms with Gasteiger partial charge in [-0.1, -0.05) is 18.6 Å². The molecule has 1 atom stereocenters. The van der Waals surface area contributed by atoms with Gasteiger partial charge in [0.1, 0.15) is 5.75 Å². The number of rotatable bonds is 4. The molecule has 0 bridgehead atoms. The quantitative estimate of drug-likeness (QED) is 0.878. The van der Waals surface area contributed by atoms with Crippen LogP contribution in [0.4, 0.5) is 5.69 Å². The van der Waals surface area contributed by atoms with Gasteiger partial charge < -0.3 is 15.4 Å². The van der Waals surface area contributed by atoms with Gasteiger partial charge in [0.2, 0.25) is 5.91 Å². The number of amides is 2. The molecule has 1 aromatic rings. The molecule has 1 heterocycles. The largest absolute Gasteiger partial charge is 0.478 e. The maximum Gasteiger partial charge on any atom is 0.265 e. The molecule has 1 fully saturated rings. The molecule has 1 saturated carbocycles. The normalized spacial score (nSPS) is 21.2. The van der Waals surface area contributed by atoms with E-state index < -0.39 is 6.10 Å². The first-order valence-corrected chi connectivity index (χ1v) is 7.08. The fourth-order valence-electron chi connectivity index (χ4n) is 2.42. The van der Waals surface area contributed by atoms with Gasteiger partial charge in [-0.2, -0.15) is 0 Å². The van der Waals surface area contributed by atoms with Crippen molar-refractivity contribution in [2.24, 2.45) is 5.92 Å². The third-order valence-corrected chi connectivity index (χ3v) is 3.89. The van der Waals surface area contributed by atoms with E-state index in [1.807, 2.05) is 24.3 Å². The lowest BCUT2D eigenvalue weighted by atomic mass is 9.85. The van der Waals surface area contributed by atoms with Crippen LogP contribution in [0.15, 0.2) is 24.3 Å². The monoisotopic (exact) mass is 274 g/mol. The summed E-state index contributed by atoms with van der Waals surface area (Å²) in [7, 11) is 0. The van der Waals surface area contributed by atoms with Crippen molar-refractivity contribution < 1.29 is 14.3 Å². The minimum Gasteiger partial charge on any atom is -0.478 e. The molecule has 2 amide bonds. The van der Waals surface area contributed by atoms with Crippen molar-refractivity contribution >= 4 is 17.5 Å². The number of anilines is 1. The van der Waals surface area contributed by atoms with Gasteiger partial charge in [-0.05, 0) is 25.0 Å². The molecule has 106 valence electrons. The summed E-state index contributed by atoms with van der Waals surface area (Å²) in [6.07, 6.45) is 3.06. The minimum atomic E-state index is -0.536. The van der Waals surface area contributed by atoms with Crippen molar-refractivity contribution in [3.63, 3.8) is 0 Å². The van der Waals surface area contributed by atoms with Gasteiger partial charge in [0, 0.05) is 18.9 Å². The van der Waals surface area contributed by atoms with Gasteiger partial charge in [0.05, 0.1) is 5.69 Å². The van der Waals surface area contributed by atoms with Crippen LogP contribution in [0.3, 0.4) is 0 Å². The summed E-state index contributed by atoms with van der Waals surface area (Å²) < 4.78 is 5.66. The zero-order valence-corrected chi connectivity index (χ0v) is 11.2. The first kappa shape index (κ1) is 13.0. The Hall–Kier alpha value is -2.04. The average molecular weight is 274 g/mol. The smallest absolute Gasteiger partial charge is 0.265 e. The van der Waals surface area contributed by atoms with E-state index in [-0.39, 0.29) is 17.7 Å². The van der Waals surface area contributed by atoms with Gasteiger partial charge in [-0.15, -0.1) is 0 Å². The van der Waals surface area contributed by atoms with E-state index in [2.05, 4.69) is 10.6 Å². The fraction of sp³-hybridized carbons (Fsp3) is 0.467. The highest BCUT2D eigenvalue weighted by atomic mass is 16.5. The molecule has 1 aliphatic heterocycles. The highest BCUT2D eigenvalue weighted by Crippen LogP contribution is 2.29. The third-order valence-electron chi connectivity index (χ3n) is 3.89. The van der Waals surface area contributed by atoms with E-state index in [0.717, 1.165) is 19.3 Å². The Kier molecular flexibility index (Phi) is 3.58. The lowest BCUT2D eigenvalue weighted by Gasteiger charge is -2.27. The van der Waals surface area contributed by atoms with Crippen LogP contribution < -0.4 is 15.4 Å². The second-order valence-electron chi connectivity index (χ2n) is 5.30. The number of para-hydroxylation sites is 2. The number of fused-ring (bicyclic) bond motifs is 1. The van der Waals surface area contributed by atoms with Gasteiger partial charge in [0.25, 0.3) is 5.91 Å². The van der Waals surface area contributed by atoms with Crippen molar-refractivity contribution in [2.45, 2.75) is 31.8 Å². The Morgan fingerprint density at radius 3 is 2.90 bits per heavy atom. The molecular formula is C15H18N2O3. The van der Waals surface area contributed by atoms with Gasteiger partial charge in [0.15, 0.2) is 6.10 Å². The lowest BCUT2D eigenvalue weighted by Crippen LogP contribution is -2.41. The second kappa shape index (κ2) is 5.53. The van der Waals surface area contributed by atoms with E-state index in [1.165, 1.54) is 0 Å². The molecule has 1 aliphatic carbocycles. The number of benzene rings is 1. The van der Waals surface area contributed by atoms with E-state index in [1.54, 1.807) is 0 Å². The van der Waals surface area contributed by atoms with Crippen LogP contribution in [0.2, 0.25) is 0 Å². The van der Waals surface area contributed by atoms with Crippen molar-refractivity contribution in [3.05, 3.63) is 24.3 Å². The molecule has 5 nitrogen and oxygen atoms in total. The minimum absolute atomic E-state index is 0.105. The first-order chi connectivity index (χ1) is 9.74. The van der Waals surface area contributed by atoms with Crippen LogP contribution in [0.5, 0.6) is 5.75 Å². The maximum atomic E-state index is 11.9. The molecule has 1 aromatic carbocycles. The fourth-order valence-corrected chi connectivity index (χ4v) is 2.42. The summed E-state index contributed by atoms with van der Waals surface area (Å²) in [6, 6.07) is 7.35. The lowest BCUT2D eigenvalue weighted by molar-refractivity contribution is -0.128. The van der Waals surface area contributed by atoms with E-state index >= 15 is 0 Å². The topological polar surface area (TPSA) is 67.4 Å². The van der Waals surface area contributed by atoms with E-state index in [0.29, 0.717) is 24.4 Å². The number of nitrogens with one attached hydrogen (secondary N) is 2. The molecule has 0 spiro atoms. The zero-order chi connectivity index (χ0) is 13.9. The number of hydrogen-bond acceptors (Lipinski definition) is 3. The summed E-state index contributed by atoms with van der Waals surface area (Å²) in [5.41, 5.74) is 0.701. The summed E-state index contributed by atoms with van der Waals surface area (Å²) in [6.45, 7) is 0.468. The van der Waals surface area contributed by atoms with Gasteiger partial charge in [-0.3, -0.25) is 9.59 Å². The van der Waals surface area contributed by atoms with Crippen LogP contribution in [0.1, 0.15) is 25.7 Å². The predicted molar refractivity (Wildman–Crippen MR) is 74.5 cm³/mol. The molecule has 0 aromatic heterocycles. The van der Waals surface area contributed by atoms with E-state index in [9.17, 15) is 9.59 Å². The summed E-state index contributed by atoms with van der Waals surface area (Å²) in [5, 5.41) is 5.69. The summed E-state index contributed by atoms with van der Waals surface area (Å²) in [4.78, 5) is 23.6. The van der Waals surface area contributed by atoms with Crippen LogP contribution in [-0.2, 0) is 9.59 Å². The third kappa shape index (κ3) is 2.61. The van der Waals surface area contributed by atoms with Gasteiger partial charge in [-0.25, -0.2) is 0 Å². The maximum absolute atomic E-state index is 11.9. The van der Waals surface area contributed by atoms with Crippen molar-refractivity contribution in [3.8, 4) is 5.75 Å². The van der Waals surface area contributed by atoms with Crippen molar-refractivity contribution in [1.29, 1.82) is 0 Å². The molecular weight excluding hydrogens is 256 g/mol. The van der Waals surface area contributed by atoms with Crippen molar-refractivity contribution in [1.82, 2.24) is 5.32 Å². The predicted octanol–water partition coefficient (Wildman–Crippen LogP) is 1.69. The van der Waals surface area contributed by atoms with Crippen LogP contribution in [0, 0.1) is 5.92 Å². The van der Waals surface area contributed by atoms with Crippen LogP contribution >= 0.6 is 0 Å². The zero-order valence-electron chi connectivity index (χ0n) is 11.2. The Balaban J connectivity index is 1.51. The Bertz CT molecular complexity index is 526.